The number of furan rings is 1. The van der Waals surface area contributed by atoms with Gasteiger partial charge in [0, 0.05) is 31.9 Å². The second kappa shape index (κ2) is 9.82. The topological polar surface area (TPSA) is 128 Å². The summed E-state index contributed by atoms with van der Waals surface area (Å²) in [5, 5.41) is 14.0. The summed E-state index contributed by atoms with van der Waals surface area (Å²) in [6, 6.07) is 9.67. The molecule has 184 valence electrons. The van der Waals surface area contributed by atoms with E-state index in [-0.39, 0.29) is 33.0 Å². The van der Waals surface area contributed by atoms with Crippen molar-refractivity contribution in [3.05, 3.63) is 53.2 Å². The van der Waals surface area contributed by atoms with Crippen molar-refractivity contribution >= 4 is 21.6 Å². The Hall–Kier alpha value is -3.19. The molecular formula is C22H23ClN6O5S. The van der Waals surface area contributed by atoms with Gasteiger partial charge < -0.3 is 13.9 Å². The molecule has 0 aliphatic carbocycles. The highest BCUT2D eigenvalue weighted by Gasteiger charge is 2.27. The number of tetrazole rings is 1. The SMILES string of the molecule is Cc1ccc(S(=O)(=O)n2ccc(Cl)c2-c2cc(OCCN3CCOCC3)c(-c3nnn[nH]3)o2)cc1. The summed E-state index contributed by atoms with van der Waals surface area (Å²) in [6.45, 7) is 6.00. The standard InChI is InChI=1S/C22H23ClN6O5S/c1-15-2-4-16(5-3-15)35(30,31)29-7-6-17(23)20(29)18-14-19(21(34-18)22-24-26-27-25-22)33-13-10-28-8-11-32-12-9-28/h2-7,14H,8-13H2,1H3,(H,24,25,26,27). The number of aromatic amines is 1. The zero-order chi connectivity index (χ0) is 24.4. The second-order valence-electron chi connectivity index (χ2n) is 7.98. The number of hydrogen-bond donors (Lipinski definition) is 1. The molecule has 35 heavy (non-hydrogen) atoms. The molecule has 0 atom stereocenters. The normalized spacial score (nSPS) is 14.9. The third-order valence-corrected chi connectivity index (χ3v) is 7.64. The van der Waals surface area contributed by atoms with Gasteiger partial charge in [-0.2, -0.15) is 0 Å². The average Bonchev–Trinajstić information content (AvgIpc) is 3.60. The van der Waals surface area contributed by atoms with Crippen LogP contribution in [0.15, 0.2) is 51.9 Å². The largest absolute Gasteiger partial charge is 0.488 e. The number of hydrogen-bond acceptors (Lipinski definition) is 9. The van der Waals surface area contributed by atoms with Crippen molar-refractivity contribution in [1.82, 2.24) is 29.5 Å². The highest BCUT2D eigenvalue weighted by atomic mass is 35.5. The molecule has 3 aromatic heterocycles. The van der Waals surface area contributed by atoms with Gasteiger partial charge in [0.15, 0.2) is 11.5 Å². The van der Waals surface area contributed by atoms with Gasteiger partial charge in [0.25, 0.3) is 10.0 Å². The summed E-state index contributed by atoms with van der Waals surface area (Å²) >= 11 is 6.44. The molecule has 0 amide bonds. The fourth-order valence-corrected chi connectivity index (χ4v) is 5.42. The molecule has 1 N–H and O–H groups in total. The van der Waals surface area contributed by atoms with Crippen molar-refractivity contribution in [2.24, 2.45) is 0 Å². The van der Waals surface area contributed by atoms with E-state index in [0.29, 0.717) is 32.1 Å². The predicted octanol–water partition coefficient (Wildman–Crippen LogP) is 2.84. The van der Waals surface area contributed by atoms with Crippen LogP contribution < -0.4 is 4.74 Å². The predicted molar refractivity (Wildman–Crippen MR) is 127 cm³/mol. The molecule has 1 aliphatic heterocycles. The second-order valence-corrected chi connectivity index (χ2v) is 10.2. The van der Waals surface area contributed by atoms with Crippen LogP contribution in [-0.2, 0) is 14.8 Å². The zero-order valence-corrected chi connectivity index (χ0v) is 20.4. The Morgan fingerprint density at radius 2 is 1.94 bits per heavy atom. The Morgan fingerprint density at radius 1 is 1.17 bits per heavy atom. The number of H-pyrrole nitrogens is 1. The van der Waals surface area contributed by atoms with E-state index < -0.39 is 10.0 Å². The summed E-state index contributed by atoms with van der Waals surface area (Å²) in [5.74, 6) is 1.04. The summed E-state index contributed by atoms with van der Waals surface area (Å²) in [5.41, 5.74) is 1.12. The fourth-order valence-electron chi connectivity index (χ4n) is 3.77. The first kappa shape index (κ1) is 23.5. The maximum atomic E-state index is 13.4. The van der Waals surface area contributed by atoms with E-state index >= 15 is 0 Å². The Morgan fingerprint density at radius 3 is 2.66 bits per heavy atom. The Kier molecular flexibility index (Phi) is 6.60. The quantitative estimate of drug-likeness (QED) is 0.374. The lowest BCUT2D eigenvalue weighted by molar-refractivity contribution is 0.0322. The number of aryl methyl sites for hydroxylation is 1. The summed E-state index contributed by atoms with van der Waals surface area (Å²) in [7, 11) is -3.94. The molecule has 0 radical (unpaired) electrons. The van der Waals surface area contributed by atoms with Crippen molar-refractivity contribution < 1.29 is 22.3 Å². The highest BCUT2D eigenvalue weighted by molar-refractivity contribution is 7.90. The van der Waals surface area contributed by atoms with E-state index in [9.17, 15) is 8.42 Å². The minimum atomic E-state index is -3.94. The molecule has 4 aromatic rings. The molecule has 4 heterocycles. The molecule has 11 nitrogen and oxygen atoms in total. The lowest BCUT2D eigenvalue weighted by Crippen LogP contribution is -2.38. The number of nitrogens with zero attached hydrogens (tertiary/aromatic N) is 5. The van der Waals surface area contributed by atoms with E-state index in [2.05, 4.69) is 25.5 Å². The van der Waals surface area contributed by atoms with Gasteiger partial charge >= 0.3 is 0 Å². The average molecular weight is 519 g/mol. The van der Waals surface area contributed by atoms with Crippen molar-refractivity contribution in [2.45, 2.75) is 11.8 Å². The summed E-state index contributed by atoms with van der Waals surface area (Å²) in [6.07, 6.45) is 1.39. The number of nitrogens with one attached hydrogen (secondary N) is 1. The van der Waals surface area contributed by atoms with Crippen LogP contribution in [0, 0.1) is 6.92 Å². The Bertz CT molecular complexity index is 1390. The van der Waals surface area contributed by atoms with Crippen LogP contribution >= 0.6 is 11.6 Å². The van der Waals surface area contributed by atoms with Gasteiger partial charge in [-0.3, -0.25) is 4.90 Å². The van der Waals surface area contributed by atoms with E-state index in [0.717, 1.165) is 22.6 Å². The maximum absolute atomic E-state index is 13.4. The van der Waals surface area contributed by atoms with Gasteiger partial charge in [-0.1, -0.05) is 29.3 Å². The van der Waals surface area contributed by atoms with Crippen LogP contribution in [0.3, 0.4) is 0 Å². The van der Waals surface area contributed by atoms with Crippen molar-refractivity contribution in [3.63, 3.8) is 0 Å². The molecule has 1 aliphatic rings. The number of ether oxygens (including phenoxy) is 2. The molecule has 1 saturated heterocycles. The lowest BCUT2D eigenvalue weighted by Gasteiger charge is -2.26. The first-order valence-corrected chi connectivity index (χ1v) is 12.8. The van der Waals surface area contributed by atoms with Gasteiger partial charge in [-0.15, -0.1) is 5.10 Å². The number of halogens is 1. The monoisotopic (exact) mass is 518 g/mol. The van der Waals surface area contributed by atoms with Crippen LogP contribution in [0.25, 0.3) is 23.0 Å². The minimum absolute atomic E-state index is 0.129. The summed E-state index contributed by atoms with van der Waals surface area (Å²) in [4.78, 5) is 2.36. The van der Waals surface area contributed by atoms with Gasteiger partial charge in [-0.05, 0) is 35.5 Å². The van der Waals surface area contributed by atoms with E-state index in [1.165, 1.54) is 12.3 Å². The van der Waals surface area contributed by atoms with Gasteiger partial charge in [-0.25, -0.2) is 17.5 Å². The first-order chi connectivity index (χ1) is 16.9. The third-order valence-electron chi connectivity index (χ3n) is 5.64. The van der Waals surface area contributed by atoms with E-state index in [4.69, 9.17) is 25.5 Å². The van der Waals surface area contributed by atoms with Crippen LogP contribution in [0.1, 0.15) is 5.56 Å². The molecule has 0 bridgehead atoms. The van der Waals surface area contributed by atoms with Crippen LogP contribution in [0.5, 0.6) is 5.75 Å². The molecule has 0 saturated carbocycles. The van der Waals surface area contributed by atoms with Crippen LogP contribution in [0.4, 0.5) is 0 Å². The molecule has 1 aromatic carbocycles. The highest BCUT2D eigenvalue weighted by Crippen LogP contribution is 2.40. The molecule has 0 spiro atoms. The van der Waals surface area contributed by atoms with E-state index in [1.807, 2.05) is 6.92 Å². The molecule has 5 rings (SSSR count). The van der Waals surface area contributed by atoms with Gasteiger partial charge in [0.05, 0.1) is 23.1 Å². The van der Waals surface area contributed by atoms with Crippen molar-refractivity contribution in [2.75, 3.05) is 39.5 Å². The molecular weight excluding hydrogens is 496 g/mol. The van der Waals surface area contributed by atoms with Crippen LogP contribution in [0.2, 0.25) is 5.02 Å². The Balaban J connectivity index is 1.49. The molecule has 0 unspecified atom stereocenters. The van der Waals surface area contributed by atoms with Gasteiger partial charge in [0.2, 0.25) is 11.6 Å². The van der Waals surface area contributed by atoms with E-state index in [1.54, 1.807) is 30.3 Å². The van der Waals surface area contributed by atoms with Crippen LogP contribution in [-0.4, -0.2) is 77.4 Å². The lowest BCUT2D eigenvalue weighted by atomic mass is 10.2. The fraction of sp³-hybridized carbons (Fsp3) is 0.318. The first-order valence-electron chi connectivity index (χ1n) is 10.9. The zero-order valence-electron chi connectivity index (χ0n) is 18.8. The van der Waals surface area contributed by atoms with Gasteiger partial charge in [0.1, 0.15) is 12.3 Å². The smallest absolute Gasteiger partial charge is 0.268 e. The minimum Gasteiger partial charge on any atom is -0.488 e. The van der Waals surface area contributed by atoms with Crippen molar-refractivity contribution in [1.29, 1.82) is 0 Å². The summed E-state index contributed by atoms with van der Waals surface area (Å²) < 4.78 is 45.3. The Labute approximate surface area is 206 Å². The molecule has 13 heteroatoms. The number of aromatic nitrogens is 5. The number of morpholine rings is 1. The number of rotatable bonds is 8. The maximum Gasteiger partial charge on any atom is 0.268 e. The van der Waals surface area contributed by atoms with Crippen molar-refractivity contribution in [3.8, 4) is 28.8 Å². The molecule has 1 fully saturated rings. The number of benzene rings is 1. The third kappa shape index (κ3) is 4.82.